The van der Waals surface area contributed by atoms with E-state index in [0.29, 0.717) is 11.9 Å². The van der Waals surface area contributed by atoms with Crippen LogP contribution in [0.5, 0.6) is 0 Å². The highest BCUT2D eigenvalue weighted by molar-refractivity contribution is 7.09. The Morgan fingerprint density at radius 1 is 1.14 bits per heavy atom. The lowest BCUT2D eigenvalue weighted by molar-refractivity contribution is -0.130. The molecule has 1 aliphatic heterocycles. The van der Waals surface area contributed by atoms with E-state index in [1.807, 2.05) is 17.9 Å². The van der Waals surface area contributed by atoms with Crippen molar-refractivity contribution in [3.05, 3.63) is 58.3 Å². The fraction of sp³-hybridized carbons (Fsp3) is 0.455. The molecule has 5 nitrogen and oxygen atoms in total. The Bertz CT molecular complexity index is 737. The molecule has 0 aliphatic carbocycles. The summed E-state index contributed by atoms with van der Waals surface area (Å²) in [5.74, 6) is 1.48. The second-order valence-electron chi connectivity index (χ2n) is 7.14. The van der Waals surface area contributed by atoms with Gasteiger partial charge in [-0.15, -0.1) is 11.3 Å². The Balaban J connectivity index is 1.43. The largest absolute Gasteiger partial charge is 0.357 e. The highest BCUT2D eigenvalue weighted by Gasteiger charge is 2.22. The molecular weight excluding hydrogens is 368 g/mol. The second kappa shape index (κ2) is 10.9. The summed E-state index contributed by atoms with van der Waals surface area (Å²) >= 11 is 1.71. The number of nitrogens with one attached hydrogen (secondary N) is 2. The first-order valence-corrected chi connectivity index (χ1v) is 11.0. The highest BCUT2D eigenvalue weighted by Crippen LogP contribution is 2.21. The predicted octanol–water partition coefficient (Wildman–Crippen LogP) is 3.28. The van der Waals surface area contributed by atoms with Gasteiger partial charge in [0.25, 0.3) is 0 Å². The summed E-state index contributed by atoms with van der Waals surface area (Å²) in [6.45, 7) is 5.40. The van der Waals surface area contributed by atoms with Gasteiger partial charge in [-0.2, -0.15) is 0 Å². The summed E-state index contributed by atoms with van der Waals surface area (Å²) in [5.41, 5.74) is 1.39. The summed E-state index contributed by atoms with van der Waals surface area (Å²) in [4.78, 5) is 20.3. The number of carbonyl (C=O) groups is 1. The molecule has 1 fully saturated rings. The summed E-state index contributed by atoms with van der Waals surface area (Å²) in [6.07, 6.45) is 3.25. The minimum Gasteiger partial charge on any atom is -0.357 e. The van der Waals surface area contributed by atoms with Gasteiger partial charge in [0.1, 0.15) is 6.54 Å². The van der Waals surface area contributed by atoms with Gasteiger partial charge in [0.05, 0.1) is 6.54 Å². The minimum atomic E-state index is 0.117. The smallest absolute Gasteiger partial charge is 0.244 e. The van der Waals surface area contributed by atoms with Crippen molar-refractivity contribution in [3.8, 4) is 0 Å². The molecule has 2 aromatic rings. The summed E-state index contributed by atoms with van der Waals surface area (Å²) in [7, 11) is 0. The topological polar surface area (TPSA) is 56.7 Å². The van der Waals surface area contributed by atoms with Crippen molar-refractivity contribution in [1.29, 1.82) is 0 Å². The van der Waals surface area contributed by atoms with Gasteiger partial charge in [-0.3, -0.25) is 4.79 Å². The quantitative estimate of drug-likeness (QED) is 0.556. The third-order valence-corrected chi connectivity index (χ3v) is 5.94. The van der Waals surface area contributed by atoms with Gasteiger partial charge in [-0.05, 0) is 49.1 Å². The number of aliphatic imine (C=N–C) groups is 1. The van der Waals surface area contributed by atoms with E-state index in [4.69, 9.17) is 0 Å². The van der Waals surface area contributed by atoms with Crippen LogP contribution in [0.2, 0.25) is 0 Å². The van der Waals surface area contributed by atoms with Crippen LogP contribution in [-0.2, 0) is 17.8 Å². The molecule has 0 saturated carbocycles. The Hall–Kier alpha value is -2.34. The minimum absolute atomic E-state index is 0.117. The molecule has 1 aliphatic rings. The number of carbonyl (C=O) groups excluding carboxylic acids is 1. The molecule has 3 rings (SSSR count). The van der Waals surface area contributed by atoms with E-state index in [0.717, 1.165) is 45.4 Å². The molecule has 1 saturated heterocycles. The summed E-state index contributed by atoms with van der Waals surface area (Å²) in [5, 5.41) is 8.57. The number of guanidine groups is 1. The Morgan fingerprint density at radius 2 is 1.93 bits per heavy atom. The van der Waals surface area contributed by atoms with Gasteiger partial charge < -0.3 is 15.5 Å². The Kier molecular flexibility index (Phi) is 7.91. The molecule has 1 aromatic heterocycles. The van der Waals surface area contributed by atoms with Crippen molar-refractivity contribution < 1.29 is 4.79 Å². The Labute approximate surface area is 171 Å². The average Bonchev–Trinajstić information content (AvgIpc) is 3.25. The van der Waals surface area contributed by atoms with Crippen LogP contribution in [-0.4, -0.2) is 42.9 Å². The van der Waals surface area contributed by atoms with Crippen molar-refractivity contribution in [3.63, 3.8) is 0 Å². The lowest BCUT2D eigenvalue weighted by Crippen LogP contribution is -2.41. The molecule has 1 amide bonds. The molecule has 0 atom stereocenters. The first-order valence-electron chi connectivity index (χ1n) is 10.1. The average molecular weight is 399 g/mol. The number of benzene rings is 1. The van der Waals surface area contributed by atoms with Gasteiger partial charge in [0, 0.05) is 24.5 Å². The monoisotopic (exact) mass is 398 g/mol. The van der Waals surface area contributed by atoms with E-state index >= 15 is 0 Å². The number of piperidine rings is 1. The number of hydrogen-bond donors (Lipinski definition) is 2. The maximum absolute atomic E-state index is 12.6. The molecule has 6 heteroatoms. The molecule has 0 bridgehead atoms. The lowest BCUT2D eigenvalue weighted by Gasteiger charge is -2.31. The van der Waals surface area contributed by atoms with Crippen molar-refractivity contribution >= 4 is 23.2 Å². The zero-order chi connectivity index (χ0) is 19.6. The zero-order valence-electron chi connectivity index (χ0n) is 16.6. The van der Waals surface area contributed by atoms with E-state index in [-0.39, 0.29) is 12.5 Å². The second-order valence-corrected chi connectivity index (χ2v) is 8.17. The van der Waals surface area contributed by atoms with Crippen LogP contribution in [0.25, 0.3) is 0 Å². The van der Waals surface area contributed by atoms with Gasteiger partial charge in [-0.1, -0.05) is 36.4 Å². The molecule has 0 spiro atoms. The van der Waals surface area contributed by atoms with Gasteiger partial charge in [-0.25, -0.2) is 4.99 Å². The van der Waals surface area contributed by atoms with E-state index in [9.17, 15) is 4.79 Å². The molecule has 0 unspecified atom stereocenters. The third-order valence-electron chi connectivity index (χ3n) is 5.06. The van der Waals surface area contributed by atoms with Crippen molar-refractivity contribution in [1.82, 2.24) is 15.5 Å². The summed E-state index contributed by atoms with van der Waals surface area (Å²) < 4.78 is 0. The van der Waals surface area contributed by atoms with Crippen LogP contribution < -0.4 is 10.6 Å². The third kappa shape index (κ3) is 6.37. The number of rotatable bonds is 7. The van der Waals surface area contributed by atoms with Crippen LogP contribution in [0.1, 0.15) is 30.2 Å². The maximum atomic E-state index is 12.6. The summed E-state index contributed by atoms with van der Waals surface area (Å²) in [6, 6.07) is 14.8. The first-order chi connectivity index (χ1) is 13.7. The number of likely N-dealkylation sites (tertiary alicyclic amines) is 1. The van der Waals surface area contributed by atoms with Crippen LogP contribution in [0.3, 0.4) is 0 Å². The number of hydrogen-bond acceptors (Lipinski definition) is 3. The highest BCUT2D eigenvalue weighted by atomic mass is 32.1. The SMILES string of the molecule is CCNC(=NCC(=O)N1CCC(Cc2ccccc2)CC1)NCc1cccs1. The molecule has 150 valence electrons. The predicted molar refractivity (Wildman–Crippen MR) is 117 cm³/mol. The maximum Gasteiger partial charge on any atom is 0.244 e. The fourth-order valence-electron chi connectivity index (χ4n) is 3.51. The van der Waals surface area contributed by atoms with E-state index < -0.39 is 0 Å². The van der Waals surface area contributed by atoms with Gasteiger partial charge in [0.15, 0.2) is 5.96 Å². The molecule has 2 heterocycles. The van der Waals surface area contributed by atoms with Crippen LogP contribution in [0.4, 0.5) is 0 Å². The lowest BCUT2D eigenvalue weighted by atomic mass is 9.90. The van der Waals surface area contributed by atoms with Crippen molar-refractivity contribution in [2.75, 3.05) is 26.2 Å². The van der Waals surface area contributed by atoms with Crippen LogP contribution in [0.15, 0.2) is 52.8 Å². The molecule has 28 heavy (non-hydrogen) atoms. The van der Waals surface area contributed by atoms with Crippen LogP contribution >= 0.6 is 11.3 Å². The van der Waals surface area contributed by atoms with Crippen molar-refractivity contribution in [2.24, 2.45) is 10.9 Å². The van der Waals surface area contributed by atoms with E-state index in [1.165, 1.54) is 10.4 Å². The normalized spacial score (nSPS) is 15.5. The first kappa shape index (κ1) is 20.4. The van der Waals surface area contributed by atoms with E-state index in [1.54, 1.807) is 11.3 Å². The number of nitrogens with zero attached hydrogens (tertiary/aromatic N) is 2. The zero-order valence-corrected chi connectivity index (χ0v) is 17.4. The number of thiophene rings is 1. The Morgan fingerprint density at radius 3 is 2.61 bits per heavy atom. The van der Waals surface area contributed by atoms with Crippen LogP contribution in [0, 0.1) is 5.92 Å². The van der Waals surface area contributed by atoms with Crippen molar-refractivity contribution in [2.45, 2.75) is 32.7 Å². The molecule has 1 aromatic carbocycles. The molecule has 2 N–H and O–H groups in total. The van der Waals surface area contributed by atoms with Gasteiger partial charge >= 0.3 is 0 Å². The van der Waals surface area contributed by atoms with Gasteiger partial charge in [0.2, 0.25) is 5.91 Å². The van der Waals surface area contributed by atoms with E-state index in [2.05, 4.69) is 57.4 Å². The fourth-order valence-corrected chi connectivity index (χ4v) is 4.15. The molecule has 0 radical (unpaired) electrons. The number of amides is 1. The molecular formula is C22H30N4OS. The standard InChI is InChI=1S/C22H30N4OS/c1-2-23-22(24-16-20-9-6-14-28-20)25-17-21(27)26-12-10-19(11-13-26)15-18-7-4-3-5-8-18/h3-9,14,19H,2,10-13,15-17H2,1H3,(H2,23,24,25).